The minimum atomic E-state index is -0.804. The minimum absolute atomic E-state index is 0.0941. The summed E-state index contributed by atoms with van der Waals surface area (Å²) in [5, 5.41) is 0. The molecule has 0 saturated heterocycles. The van der Waals surface area contributed by atoms with Crippen LogP contribution in [0.2, 0.25) is 0 Å². The zero-order valence-corrected chi connectivity index (χ0v) is 48.4. The van der Waals surface area contributed by atoms with Gasteiger partial charge in [-0.05, 0) is 57.8 Å². The Morgan fingerprint density at radius 1 is 0.288 bits per heavy atom. The lowest BCUT2D eigenvalue weighted by atomic mass is 10.0. The van der Waals surface area contributed by atoms with Crippen LogP contribution in [0.3, 0.4) is 0 Å². The summed E-state index contributed by atoms with van der Waals surface area (Å²) < 4.78 is 16.9. The van der Waals surface area contributed by atoms with Gasteiger partial charge in [0, 0.05) is 19.3 Å². The van der Waals surface area contributed by atoms with Crippen molar-refractivity contribution in [2.24, 2.45) is 0 Å². The molecule has 0 aromatic rings. The van der Waals surface area contributed by atoms with Gasteiger partial charge in [-0.2, -0.15) is 0 Å². The second-order valence-electron chi connectivity index (χ2n) is 21.0. The SMILES string of the molecule is CC/C=C\C/C=C\C/C=C\C/C=C\C/C=C\C/C=C\CCC(=O)OC[C@H](COC(=O)CCCCCCCCCCCCCCCCCCC)OC(=O)CCCCCCCCCCCCCCCCCCCCC. The highest BCUT2D eigenvalue weighted by Crippen LogP contribution is 2.17. The summed E-state index contributed by atoms with van der Waals surface area (Å²) in [5.74, 6) is -0.964. The summed E-state index contributed by atoms with van der Waals surface area (Å²) in [5.41, 5.74) is 0. The van der Waals surface area contributed by atoms with E-state index in [-0.39, 0.29) is 37.5 Å². The summed E-state index contributed by atoms with van der Waals surface area (Å²) in [7, 11) is 0. The monoisotopic (exact) mass is 1020 g/mol. The van der Waals surface area contributed by atoms with E-state index in [0.717, 1.165) is 77.0 Å². The number of allylic oxidation sites excluding steroid dienone is 12. The summed E-state index contributed by atoms with van der Waals surface area (Å²) in [4.78, 5) is 38.3. The van der Waals surface area contributed by atoms with Crippen LogP contribution in [0, 0.1) is 0 Å². The number of hydrogen-bond donors (Lipinski definition) is 0. The van der Waals surface area contributed by atoms with Crippen molar-refractivity contribution in [1.29, 1.82) is 0 Å². The van der Waals surface area contributed by atoms with Crippen molar-refractivity contribution in [3.8, 4) is 0 Å². The number of rotatable bonds is 57. The molecule has 73 heavy (non-hydrogen) atoms. The third kappa shape index (κ3) is 59.6. The highest BCUT2D eigenvalue weighted by Gasteiger charge is 2.19. The molecule has 0 bridgehead atoms. The molecule has 0 aliphatic carbocycles. The highest BCUT2D eigenvalue weighted by molar-refractivity contribution is 5.71. The Kier molecular flexibility index (Phi) is 58.7. The predicted octanol–water partition coefficient (Wildman–Crippen LogP) is 21.3. The summed E-state index contributed by atoms with van der Waals surface area (Å²) in [6.45, 7) is 6.51. The lowest BCUT2D eigenvalue weighted by Crippen LogP contribution is -2.30. The molecule has 0 spiro atoms. The van der Waals surface area contributed by atoms with Gasteiger partial charge < -0.3 is 14.2 Å². The van der Waals surface area contributed by atoms with Crippen molar-refractivity contribution in [1.82, 2.24) is 0 Å². The van der Waals surface area contributed by atoms with Crippen LogP contribution in [0.15, 0.2) is 72.9 Å². The van der Waals surface area contributed by atoms with Gasteiger partial charge in [-0.25, -0.2) is 0 Å². The van der Waals surface area contributed by atoms with Crippen LogP contribution in [0.1, 0.15) is 316 Å². The second-order valence-corrected chi connectivity index (χ2v) is 21.0. The Hall–Kier alpha value is -3.15. The maximum absolute atomic E-state index is 12.9. The molecule has 0 rings (SSSR count). The van der Waals surface area contributed by atoms with Gasteiger partial charge in [0.05, 0.1) is 0 Å². The molecule has 0 unspecified atom stereocenters. The van der Waals surface area contributed by atoms with Gasteiger partial charge >= 0.3 is 17.9 Å². The van der Waals surface area contributed by atoms with Gasteiger partial charge in [0.1, 0.15) is 13.2 Å². The smallest absolute Gasteiger partial charge is 0.306 e. The molecular weight excluding hydrogens is 901 g/mol. The first-order valence-corrected chi connectivity index (χ1v) is 31.4. The molecule has 0 aliphatic heterocycles. The Bertz CT molecular complexity index is 1360. The van der Waals surface area contributed by atoms with Gasteiger partial charge in [-0.1, -0.05) is 312 Å². The Morgan fingerprint density at radius 2 is 0.534 bits per heavy atom. The van der Waals surface area contributed by atoms with E-state index in [9.17, 15) is 14.4 Å². The first kappa shape index (κ1) is 69.8. The predicted molar refractivity (Wildman–Crippen MR) is 316 cm³/mol. The van der Waals surface area contributed by atoms with Crippen molar-refractivity contribution in [2.45, 2.75) is 322 Å². The third-order valence-corrected chi connectivity index (χ3v) is 13.7. The van der Waals surface area contributed by atoms with E-state index in [4.69, 9.17) is 14.2 Å². The molecule has 0 aromatic heterocycles. The summed E-state index contributed by atoms with van der Waals surface area (Å²) in [6.07, 6.45) is 79.2. The Balaban J connectivity index is 4.44. The highest BCUT2D eigenvalue weighted by atomic mass is 16.6. The van der Waals surface area contributed by atoms with Gasteiger partial charge in [-0.15, -0.1) is 0 Å². The van der Waals surface area contributed by atoms with Crippen LogP contribution >= 0.6 is 0 Å². The van der Waals surface area contributed by atoms with Crippen molar-refractivity contribution < 1.29 is 28.6 Å². The molecule has 0 heterocycles. The fraction of sp³-hybridized carbons (Fsp3) is 0.776. The van der Waals surface area contributed by atoms with Crippen LogP contribution in [0.5, 0.6) is 0 Å². The van der Waals surface area contributed by atoms with Crippen molar-refractivity contribution >= 4 is 17.9 Å². The number of carbonyl (C=O) groups is 3. The zero-order chi connectivity index (χ0) is 52.9. The van der Waals surface area contributed by atoms with Crippen LogP contribution in [-0.4, -0.2) is 37.2 Å². The maximum atomic E-state index is 12.9. The number of ether oxygens (including phenoxy) is 3. The molecular formula is C67H118O6. The van der Waals surface area contributed by atoms with Gasteiger partial charge in [0.15, 0.2) is 6.10 Å². The minimum Gasteiger partial charge on any atom is -0.462 e. The number of unbranched alkanes of at least 4 members (excludes halogenated alkanes) is 34. The quantitative estimate of drug-likeness (QED) is 0.0261. The van der Waals surface area contributed by atoms with Gasteiger partial charge in [0.2, 0.25) is 0 Å². The molecule has 1 atom stereocenters. The normalized spacial score (nSPS) is 12.5. The molecule has 0 saturated carbocycles. The molecule has 0 aliphatic rings. The third-order valence-electron chi connectivity index (χ3n) is 13.7. The van der Waals surface area contributed by atoms with Crippen molar-refractivity contribution in [2.75, 3.05) is 13.2 Å². The second kappa shape index (κ2) is 61.4. The number of esters is 3. The first-order chi connectivity index (χ1) is 36.0. The van der Waals surface area contributed by atoms with E-state index in [1.807, 2.05) is 6.08 Å². The summed E-state index contributed by atoms with van der Waals surface area (Å²) in [6, 6.07) is 0. The van der Waals surface area contributed by atoms with E-state index in [0.29, 0.717) is 19.3 Å². The van der Waals surface area contributed by atoms with Crippen molar-refractivity contribution in [3.05, 3.63) is 72.9 Å². The molecule has 0 amide bonds. The van der Waals surface area contributed by atoms with Crippen LogP contribution in [0.4, 0.5) is 0 Å². The molecule has 422 valence electrons. The first-order valence-electron chi connectivity index (χ1n) is 31.4. The molecule has 0 fully saturated rings. The largest absolute Gasteiger partial charge is 0.462 e. The Labute approximate surface area is 453 Å². The van der Waals surface area contributed by atoms with Crippen LogP contribution in [0.25, 0.3) is 0 Å². The molecule has 0 aromatic carbocycles. The van der Waals surface area contributed by atoms with E-state index >= 15 is 0 Å². The van der Waals surface area contributed by atoms with Crippen LogP contribution in [-0.2, 0) is 28.6 Å². The molecule has 0 N–H and O–H groups in total. The standard InChI is InChI=1S/C67H118O6/c1-4-7-10-13-16-19-22-25-28-31-33-36-39-42-45-48-51-54-57-60-66(69)72-63-64(62-71-65(68)59-56-53-50-47-44-41-38-35-30-27-24-21-18-15-12-9-6-3)73-67(70)61-58-55-52-49-46-43-40-37-34-32-29-26-23-20-17-14-11-8-5-2/h7,10,16,19,25,28,33,36,42,45,51,54,64H,4-6,8-9,11-15,17-18,20-24,26-27,29-32,34-35,37-41,43-44,46-50,52-53,55-63H2,1-3H3/b10-7-,19-16-,28-25-,36-33-,45-42-,54-51-/t64-/m0/s1. The molecule has 6 nitrogen and oxygen atoms in total. The fourth-order valence-electron chi connectivity index (χ4n) is 9.06. The van der Waals surface area contributed by atoms with E-state index in [1.54, 1.807) is 0 Å². The van der Waals surface area contributed by atoms with Gasteiger partial charge in [-0.3, -0.25) is 14.4 Å². The summed E-state index contributed by atoms with van der Waals surface area (Å²) >= 11 is 0. The van der Waals surface area contributed by atoms with E-state index < -0.39 is 6.10 Å². The number of carbonyl (C=O) groups excluding carboxylic acids is 3. The number of hydrogen-bond acceptors (Lipinski definition) is 6. The molecule has 0 radical (unpaired) electrons. The fourth-order valence-corrected chi connectivity index (χ4v) is 9.06. The van der Waals surface area contributed by atoms with Crippen molar-refractivity contribution in [3.63, 3.8) is 0 Å². The zero-order valence-electron chi connectivity index (χ0n) is 48.4. The topological polar surface area (TPSA) is 78.9 Å². The lowest BCUT2D eigenvalue weighted by Gasteiger charge is -2.18. The Morgan fingerprint density at radius 3 is 0.836 bits per heavy atom. The van der Waals surface area contributed by atoms with E-state index in [2.05, 4.69) is 87.6 Å². The van der Waals surface area contributed by atoms with E-state index in [1.165, 1.54) is 193 Å². The maximum Gasteiger partial charge on any atom is 0.306 e. The van der Waals surface area contributed by atoms with Crippen LogP contribution < -0.4 is 0 Å². The van der Waals surface area contributed by atoms with Gasteiger partial charge in [0.25, 0.3) is 0 Å². The molecule has 6 heteroatoms. The lowest BCUT2D eigenvalue weighted by molar-refractivity contribution is -0.166. The average molecular weight is 1020 g/mol. The average Bonchev–Trinajstić information content (AvgIpc) is 3.39.